The molecule has 0 radical (unpaired) electrons. The van der Waals surface area contributed by atoms with E-state index in [2.05, 4.69) is 25.8 Å². The van der Waals surface area contributed by atoms with Crippen LogP contribution in [0.2, 0.25) is 0 Å². The molecule has 1 heterocycles. The minimum atomic E-state index is -4.82. The summed E-state index contributed by atoms with van der Waals surface area (Å²) in [5.74, 6) is -3.98. The number of halogens is 4. The Labute approximate surface area is 281 Å². The van der Waals surface area contributed by atoms with Crippen LogP contribution < -0.4 is 16.0 Å². The van der Waals surface area contributed by atoms with Crippen molar-refractivity contribution in [2.45, 2.75) is 43.3 Å². The van der Waals surface area contributed by atoms with Gasteiger partial charge in [-0.25, -0.2) is 27.4 Å². The van der Waals surface area contributed by atoms with Crippen molar-refractivity contribution in [3.8, 4) is 11.1 Å². The highest BCUT2D eigenvalue weighted by Gasteiger charge is 2.40. The number of nitrogens with one attached hydrogen (secondary N) is 3. The molecule has 5 rings (SSSR count). The first-order chi connectivity index (χ1) is 23.2. The van der Waals surface area contributed by atoms with E-state index in [0.29, 0.717) is 33.8 Å². The number of carbonyl (C=O) groups excluding carboxylic acids is 3. The fourth-order valence-corrected chi connectivity index (χ4v) is 7.70. The number of nitrogens with zero attached hydrogens (tertiary/aromatic N) is 2. The molecule has 3 aromatic carbocycles. The number of rotatable bonds is 12. The molecule has 1 unspecified atom stereocenters. The SMILES string of the molecule is [C-]#[N+]c1cccc(COC(=O)Nc2ccc(-c3cc4sc(C(C(=O)NCC(=O)NC5CC5)S(=O)(=O)CCC(F)(F)F)nc4cc3F)cc2)c1. The molecule has 49 heavy (non-hydrogen) atoms. The van der Waals surface area contributed by atoms with Crippen LogP contribution in [0.15, 0.2) is 60.7 Å². The van der Waals surface area contributed by atoms with Crippen LogP contribution in [0.4, 0.5) is 33.7 Å². The fourth-order valence-electron chi connectivity index (χ4n) is 4.62. The lowest BCUT2D eigenvalue weighted by molar-refractivity contribution is -0.130. The van der Waals surface area contributed by atoms with Gasteiger partial charge < -0.3 is 15.4 Å². The van der Waals surface area contributed by atoms with Crippen molar-refractivity contribution in [1.82, 2.24) is 15.6 Å². The summed E-state index contributed by atoms with van der Waals surface area (Å²) in [6.07, 6.45) is -5.77. The average Bonchev–Trinajstić information content (AvgIpc) is 3.78. The number of carbonyl (C=O) groups is 3. The van der Waals surface area contributed by atoms with Crippen molar-refractivity contribution < 1.29 is 45.1 Å². The molecule has 1 atom stereocenters. The van der Waals surface area contributed by atoms with E-state index in [1.807, 2.05) is 0 Å². The summed E-state index contributed by atoms with van der Waals surface area (Å²) < 4.78 is 85.8. The number of aromatic nitrogens is 1. The van der Waals surface area contributed by atoms with Crippen LogP contribution in [0.25, 0.3) is 26.2 Å². The first-order valence-corrected chi connectivity index (χ1v) is 17.2. The van der Waals surface area contributed by atoms with Gasteiger partial charge in [0, 0.05) is 23.4 Å². The molecule has 0 saturated heterocycles. The Morgan fingerprint density at radius 1 is 1.08 bits per heavy atom. The predicted octanol–water partition coefficient (Wildman–Crippen LogP) is 6.20. The Balaban J connectivity index is 1.33. The quantitative estimate of drug-likeness (QED) is 0.117. The molecule has 4 aromatic rings. The van der Waals surface area contributed by atoms with E-state index in [4.69, 9.17) is 11.3 Å². The summed E-state index contributed by atoms with van der Waals surface area (Å²) in [6.45, 7) is 6.40. The van der Waals surface area contributed by atoms with E-state index in [9.17, 15) is 36.0 Å². The van der Waals surface area contributed by atoms with Gasteiger partial charge in [0.25, 0.3) is 0 Å². The number of hydrogen-bond donors (Lipinski definition) is 3. The van der Waals surface area contributed by atoms with E-state index in [-0.39, 0.29) is 33.4 Å². The van der Waals surface area contributed by atoms with Crippen molar-refractivity contribution in [2.24, 2.45) is 0 Å². The van der Waals surface area contributed by atoms with Gasteiger partial charge >= 0.3 is 12.3 Å². The zero-order chi connectivity index (χ0) is 35.3. The van der Waals surface area contributed by atoms with Gasteiger partial charge in [0.2, 0.25) is 11.8 Å². The molecule has 1 fully saturated rings. The average molecular weight is 718 g/mol. The molecule has 17 heteroatoms. The fraction of sp³-hybridized carbons (Fsp3) is 0.281. The minimum Gasteiger partial charge on any atom is -0.444 e. The molecule has 3 N–H and O–H groups in total. The van der Waals surface area contributed by atoms with E-state index in [1.165, 1.54) is 30.3 Å². The molecule has 1 aliphatic rings. The second-order valence-electron chi connectivity index (χ2n) is 11.1. The molecule has 3 amide bonds. The summed E-state index contributed by atoms with van der Waals surface area (Å²) in [5, 5.41) is 4.78. The third-order valence-electron chi connectivity index (χ3n) is 7.20. The summed E-state index contributed by atoms with van der Waals surface area (Å²) in [5.41, 5.74) is 1.75. The molecular formula is C32H27F4N5O6S2. The number of benzene rings is 3. The number of fused-ring (bicyclic) bond motifs is 1. The number of anilines is 1. The smallest absolute Gasteiger partial charge is 0.411 e. The predicted molar refractivity (Wildman–Crippen MR) is 173 cm³/mol. The zero-order valence-electron chi connectivity index (χ0n) is 25.3. The Kier molecular flexibility index (Phi) is 10.5. The molecule has 1 saturated carbocycles. The third kappa shape index (κ3) is 9.51. The molecule has 0 aliphatic heterocycles. The second kappa shape index (κ2) is 14.6. The van der Waals surface area contributed by atoms with Gasteiger partial charge in [-0.15, -0.1) is 11.3 Å². The van der Waals surface area contributed by atoms with Crippen LogP contribution in [0, 0.1) is 12.4 Å². The van der Waals surface area contributed by atoms with E-state index >= 15 is 4.39 Å². The lowest BCUT2D eigenvalue weighted by atomic mass is 10.0. The number of hydrogen-bond acceptors (Lipinski definition) is 8. The molecule has 1 aromatic heterocycles. The van der Waals surface area contributed by atoms with Gasteiger partial charge in [-0.3, -0.25) is 14.9 Å². The summed E-state index contributed by atoms with van der Waals surface area (Å²) >= 11 is 0.694. The van der Waals surface area contributed by atoms with Crippen LogP contribution in [-0.2, 0) is 30.8 Å². The lowest BCUT2D eigenvalue weighted by Crippen LogP contribution is -2.41. The van der Waals surface area contributed by atoms with Crippen LogP contribution >= 0.6 is 11.3 Å². The Bertz CT molecular complexity index is 2040. The molecule has 1 aliphatic carbocycles. The second-order valence-corrected chi connectivity index (χ2v) is 14.4. The Morgan fingerprint density at radius 2 is 1.82 bits per heavy atom. The van der Waals surface area contributed by atoms with Crippen molar-refractivity contribution >= 4 is 60.7 Å². The summed E-state index contributed by atoms with van der Waals surface area (Å²) in [4.78, 5) is 44.9. The highest BCUT2D eigenvalue weighted by atomic mass is 32.2. The van der Waals surface area contributed by atoms with Gasteiger partial charge in [0.15, 0.2) is 20.8 Å². The van der Waals surface area contributed by atoms with Crippen molar-refractivity contribution in [1.29, 1.82) is 0 Å². The standard InChI is InChI=1S/C32H27F4N5O6S2/c1-37-22-4-2-3-18(13-22)17-47-31(44)40-21-7-5-19(6-8-21)23-14-26-25(15-24(23)33)41-30(48-26)28(49(45,46)12-11-32(34,35)36)29(43)38-16-27(42)39-20-9-10-20/h2-8,13-15,20,28H,9-12,16-17H2,(H,38,43)(H,39,42)(H,40,44). The van der Waals surface area contributed by atoms with Crippen LogP contribution in [0.5, 0.6) is 0 Å². The highest BCUT2D eigenvalue weighted by molar-refractivity contribution is 7.92. The first kappa shape index (κ1) is 35.2. The normalized spacial score (nSPS) is 13.7. The Morgan fingerprint density at radius 3 is 2.49 bits per heavy atom. The van der Waals surface area contributed by atoms with Crippen LogP contribution in [0.3, 0.4) is 0 Å². The number of sulfone groups is 1. The number of ether oxygens (including phenoxy) is 1. The topological polar surface area (TPSA) is 148 Å². The maximum Gasteiger partial charge on any atom is 0.411 e. The minimum absolute atomic E-state index is 0.0282. The monoisotopic (exact) mass is 717 g/mol. The largest absolute Gasteiger partial charge is 0.444 e. The number of amides is 3. The molecular weight excluding hydrogens is 691 g/mol. The van der Waals surface area contributed by atoms with Crippen molar-refractivity contribution in [3.05, 3.63) is 88.5 Å². The van der Waals surface area contributed by atoms with Crippen molar-refractivity contribution in [3.63, 3.8) is 0 Å². The number of thiazole rings is 1. The maximum absolute atomic E-state index is 15.3. The number of alkyl halides is 3. The third-order valence-corrected chi connectivity index (χ3v) is 10.4. The van der Waals surface area contributed by atoms with Gasteiger partial charge in [-0.2, -0.15) is 13.2 Å². The molecule has 0 bridgehead atoms. The van der Waals surface area contributed by atoms with E-state index in [0.717, 1.165) is 18.9 Å². The van der Waals surface area contributed by atoms with E-state index in [1.54, 1.807) is 24.3 Å². The maximum atomic E-state index is 15.3. The first-order valence-electron chi connectivity index (χ1n) is 14.7. The van der Waals surface area contributed by atoms with Crippen molar-refractivity contribution in [2.75, 3.05) is 17.6 Å². The lowest BCUT2D eigenvalue weighted by Gasteiger charge is -2.16. The zero-order valence-corrected chi connectivity index (χ0v) is 27.0. The van der Waals surface area contributed by atoms with Gasteiger partial charge in [0.05, 0.1) is 35.5 Å². The van der Waals surface area contributed by atoms with Crippen LogP contribution in [0.1, 0.15) is 35.1 Å². The highest BCUT2D eigenvalue weighted by Crippen LogP contribution is 2.36. The molecule has 11 nitrogen and oxygen atoms in total. The Hall–Kier alpha value is -5.08. The summed E-state index contributed by atoms with van der Waals surface area (Å²) in [7, 11) is -4.79. The van der Waals surface area contributed by atoms with Gasteiger partial charge in [0.1, 0.15) is 17.4 Å². The van der Waals surface area contributed by atoms with E-state index < -0.39 is 63.7 Å². The van der Waals surface area contributed by atoms with Gasteiger partial charge in [-0.05, 0) is 48.2 Å². The summed E-state index contributed by atoms with van der Waals surface area (Å²) in [6, 6.07) is 14.9. The van der Waals surface area contributed by atoms with Gasteiger partial charge in [-0.1, -0.05) is 30.3 Å². The molecule has 256 valence electrons. The molecule has 0 spiro atoms. The van der Waals surface area contributed by atoms with Crippen LogP contribution in [-0.4, -0.2) is 55.8 Å².